The molecule has 2 aromatic rings. The Morgan fingerprint density at radius 2 is 2.00 bits per heavy atom. The van der Waals surface area contributed by atoms with Crippen LogP contribution < -0.4 is 15.8 Å². The van der Waals surface area contributed by atoms with Crippen molar-refractivity contribution in [2.45, 2.75) is 29.5 Å². The van der Waals surface area contributed by atoms with E-state index in [9.17, 15) is 21.2 Å². The normalized spacial score (nSPS) is 25.7. The fourth-order valence-electron chi connectivity index (χ4n) is 4.30. The fraction of sp³-hybridized carbons (Fsp3) is 0.476. The molecular formula is C21H27FN4O5S2. The number of aromatic nitrogens is 1. The fourth-order valence-corrected chi connectivity index (χ4v) is 9.05. The van der Waals surface area contributed by atoms with Crippen molar-refractivity contribution in [2.24, 2.45) is 5.73 Å². The first kappa shape index (κ1) is 24.0. The number of ether oxygens (including phenoxy) is 1. The Labute approximate surface area is 193 Å². The Bertz CT molecular complexity index is 1190. The van der Waals surface area contributed by atoms with Crippen LogP contribution in [0.1, 0.15) is 23.5 Å². The second-order valence-electron chi connectivity index (χ2n) is 8.27. The van der Waals surface area contributed by atoms with Crippen LogP contribution in [0.25, 0.3) is 0 Å². The van der Waals surface area contributed by atoms with Gasteiger partial charge in [-0.2, -0.15) is 4.31 Å². The summed E-state index contributed by atoms with van der Waals surface area (Å²) >= 11 is 0. The van der Waals surface area contributed by atoms with Gasteiger partial charge in [0.05, 0.1) is 11.8 Å². The number of benzene rings is 1. The molecule has 0 spiro atoms. The lowest BCUT2D eigenvalue weighted by molar-refractivity contribution is 0.225. The highest BCUT2D eigenvalue weighted by Gasteiger charge is 2.48. The van der Waals surface area contributed by atoms with Gasteiger partial charge < -0.3 is 15.8 Å². The minimum atomic E-state index is -4.20. The molecule has 33 heavy (non-hydrogen) atoms. The van der Waals surface area contributed by atoms with Crippen LogP contribution in [-0.4, -0.2) is 68.7 Å². The first-order valence-corrected chi connectivity index (χ1v) is 13.9. The molecule has 2 aliphatic heterocycles. The Balaban J connectivity index is 1.61. The zero-order valence-electron chi connectivity index (χ0n) is 17.9. The Kier molecular flexibility index (Phi) is 7.01. The molecule has 12 heteroatoms. The van der Waals surface area contributed by atoms with Gasteiger partial charge in [-0.3, -0.25) is 0 Å². The smallest absolute Gasteiger partial charge is 0.233 e. The van der Waals surface area contributed by atoms with Crippen molar-refractivity contribution >= 4 is 19.9 Å². The van der Waals surface area contributed by atoms with Crippen molar-refractivity contribution in [3.8, 4) is 5.88 Å². The third kappa shape index (κ3) is 5.19. The number of nitrogens with zero attached hydrogens (tertiary/aromatic N) is 2. The molecule has 4 rings (SSSR count). The third-order valence-electron chi connectivity index (χ3n) is 6.10. The Morgan fingerprint density at radius 3 is 2.70 bits per heavy atom. The second-order valence-corrected chi connectivity index (χ2v) is 12.9. The Morgan fingerprint density at radius 1 is 1.24 bits per heavy atom. The minimum absolute atomic E-state index is 0.00184. The van der Waals surface area contributed by atoms with Gasteiger partial charge in [0.1, 0.15) is 12.4 Å². The first-order chi connectivity index (χ1) is 15.7. The van der Waals surface area contributed by atoms with Gasteiger partial charge in [-0.15, -0.1) is 0 Å². The van der Waals surface area contributed by atoms with Gasteiger partial charge in [-0.05, 0) is 41.7 Å². The molecule has 9 nitrogen and oxygen atoms in total. The zero-order chi connectivity index (χ0) is 23.6. The van der Waals surface area contributed by atoms with E-state index in [-0.39, 0.29) is 43.7 Å². The molecule has 2 aliphatic rings. The predicted molar refractivity (Wildman–Crippen MR) is 121 cm³/mol. The molecule has 180 valence electrons. The second kappa shape index (κ2) is 9.63. The van der Waals surface area contributed by atoms with Crippen molar-refractivity contribution in [1.29, 1.82) is 0 Å². The van der Waals surface area contributed by atoms with E-state index in [2.05, 4.69) is 10.3 Å². The van der Waals surface area contributed by atoms with E-state index in [0.717, 1.165) is 11.1 Å². The minimum Gasteiger partial charge on any atom is -0.476 e. The molecule has 1 aromatic carbocycles. The summed E-state index contributed by atoms with van der Waals surface area (Å²) in [5, 5.41) is 2.87. The van der Waals surface area contributed by atoms with E-state index < -0.39 is 30.5 Å². The average molecular weight is 499 g/mol. The van der Waals surface area contributed by atoms with E-state index in [1.54, 1.807) is 30.5 Å². The molecule has 3 unspecified atom stereocenters. The van der Waals surface area contributed by atoms with Crippen LogP contribution in [0.5, 0.6) is 5.88 Å². The third-order valence-corrected chi connectivity index (χ3v) is 11.4. The number of nitrogens with two attached hydrogens (primary N) is 1. The van der Waals surface area contributed by atoms with Gasteiger partial charge >= 0.3 is 0 Å². The summed E-state index contributed by atoms with van der Waals surface area (Å²) < 4.78 is 71.1. The van der Waals surface area contributed by atoms with Crippen molar-refractivity contribution in [1.82, 2.24) is 14.6 Å². The highest BCUT2D eigenvalue weighted by atomic mass is 32.3. The standard InChI is InChI=1S/C21H27FN4O5S2/c22-18-3-1-16(2-4-18)17-10-19(14-31-20-9-15(11-23)5-6-25-20)26(13-17)33(29,30)21-12-24-7-8-32(21,27)28/h1-6,9,17,19,21,24H,7-8,10-14,23H2. The summed E-state index contributed by atoms with van der Waals surface area (Å²) in [6.07, 6.45) is 1.96. The zero-order valence-corrected chi connectivity index (χ0v) is 19.6. The number of sulfonamides is 1. The lowest BCUT2D eigenvalue weighted by Crippen LogP contribution is -2.54. The molecule has 2 saturated heterocycles. The van der Waals surface area contributed by atoms with Gasteiger partial charge in [0.15, 0.2) is 14.4 Å². The maximum atomic E-state index is 13.5. The monoisotopic (exact) mass is 498 g/mol. The molecule has 0 bridgehead atoms. The van der Waals surface area contributed by atoms with Crippen molar-refractivity contribution in [3.05, 3.63) is 59.5 Å². The van der Waals surface area contributed by atoms with Crippen LogP contribution in [0.2, 0.25) is 0 Å². The number of rotatable bonds is 7. The topological polar surface area (TPSA) is 132 Å². The molecule has 0 amide bonds. The number of pyridine rings is 1. The quantitative estimate of drug-likeness (QED) is 0.567. The summed E-state index contributed by atoms with van der Waals surface area (Å²) in [6, 6.07) is 8.74. The SMILES string of the molecule is NCc1ccnc(OCC2CC(c3ccc(F)cc3)CN2S(=O)(=O)C2CNCCS2(=O)=O)c1. The molecule has 0 saturated carbocycles. The molecule has 1 aromatic heterocycles. The van der Waals surface area contributed by atoms with Crippen molar-refractivity contribution < 1.29 is 26.0 Å². The molecule has 0 radical (unpaired) electrons. The number of sulfone groups is 1. The van der Waals surface area contributed by atoms with E-state index >= 15 is 0 Å². The summed E-state index contributed by atoms with van der Waals surface area (Å²) in [7, 11) is -8.01. The van der Waals surface area contributed by atoms with Crippen LogP contribution in [0.15, 0.2) is 42.6 Å². The van der Waals surface area contributed by atoms with Crippen LogP contribution in [-0.2, 0) is 26.4 Å². The van der Waals surface area contributed by atoms with Crippen LogP contribution in [0, 0.1) is 5.82 Å². The van der Waals surface area contributed by atoms with E-state index in [1.807, 2.05) is 0 Å². The molecule has 2 fully saturated rings. The highest BCUT2D eigenvalue weighted by Crippen LogP contribution is 2.36. The number of hydrogen-bond acceptors (Lipinski definition) is 8. The van der Waals surface area contributed by atoms with Gasteiger partial charge in [0, 0.05) is 38.4 Å². The van der Waals surface area contributed by atoms with Crippen molar-refractivity contribution in [2.75, 3.05) is 32.0 Å². The van der Waals surface area contributed by atoms with Crippen LogP contribution in [0.3, 0.4) is 0 Å². The predicted octanol–water partition coefficient (Wildman–Crippen LogP) is 0.590. The van der Waals surface area contributed by atoms with Crippen LogP contribution in [0.4, 0.5) is 4.39 Å². The maximum absolute atomic E-state index is 13.5. The van der Waals surface area contributed by atoms with Crippen LogP contribution >= 0.6 is 0 Å². The van der Waals surface area contributed by atoms with E-state index in [4.69, 9.17) is 10.5 Å². The Hall–Kier alpha value is -2.12. The lowest BCUT2D eigenvalue weighted by Gasteiger charge is -2.30. The largest absolute Gasteiger partial charge is 0.476 e. The average Bonchev–Trinajstić information content (AvgIpc) is 3.23. The van der Waals surface area contributed by atoms with Gasteiger partial charge in [-0.25, -0.2) is 26.2 Å². The van der Waals surface area contributed by atoms with Gasteiger partial charge in [-0.1, -0.05) is 12.1 Å². The number of hydrogen-bond donors (Lipinski definition) is 2. The highest BCUT2D eigenvalue weighted by molar-refractivity contribution is 8.08. The molecule has 3 heterocycles. The first-order valence-electron chi connectivity index (χ1n) is 10.7. The van der Waals surface area contributed by atoms with Crippen molar-refractivity contribution in [3.63, 3.8) is 0 Å². The molecule has 3 N–H and O–H groups in total. The summed E-state index contributed by atoms with van der Waals surface area (Å²) in [5.41, 5.74) is 7.26. The van der Waals surface area contributed by atoms with E-state index in [1.165, 1.54) is 16.4 Å². The molecule has 0 aliphatic carbocycles. The summed E-state index contributed by atoms with van der Waals surface area (Å²) in [4.78, 5) is 4.14. The number of nitrogens with one attached hydrogen (secondary N) is 1. The lowest BCUT2D eigenvalue weighted by atomic mass is 9.96. The van der Waals surface area contributed by atoms with Gasteiger partial charge in [0.25, 0.3) is 0 Å². The summed E-state index contributed by atoms with van der Waals surface area (Å²) in [6.45, 7) is 0.461. The molecule has 3 atom stereocenters. The van der Waals surface area contributed by atoms with Gasteiger partial charge in [0.2, 0.25) is 15.9 Å². The molecular weight excluding hydrogens is 471 g/mol. The van der Waals surface area contributed by atoms with E-state index in [0.29, 0.717) is 18.8 Å². The summed E-state index contributed by atoms with van der Waals surface area (Å²) in [5.74, 6) is -0.529. The maximum Gasteiger partial charge on any atom is 0.233 e. The number of halogens is 1.